The molecule has 1 aliphatic rings. The minimum atomic E-state index is -4.67. The number of alkyl halides is 3. The van der Waals surface area contributed by atoms with Crippen molar-refractivity contribution in [2.75, 3.05) is 31.1 Å². The molecule has 174 valence electrons. The average molecular weight is 486 g/mol. The minimum Gasteiger partial charge on any atom is -0.368 e. The van der Waals surface area contributed by atoms with E-state index in [1.807, 2.05) is 24.3 Å². The first-order valence-corrected chi connectivity index (χ1v) is 11.0. The molecule has 0 aliphatic carbocycles. The molecule has 6 nitrogen and oxygen atoms in total. The standard InChI is InChI=1S/C24H19ClF3N5O/c25-17-6-8-18(9-7-17)31-10-12-32(13-11-31)23(34)19-15-29-33-21(24(26,27)28)14-20(30-22(19)33)16-4-2-1-3-5-16/h1-9,14-15H,10-13H2. The Balaban J connectivity index is 1.45. The number of hydrogen-bond acceptors (Lipinski definition) is 4. The summed E-state index contributed by atoms with van der Waals surface area (Å²) in [5.74, 6) is -0.392. The smallest absolute Gasteiger partial charge is 0.368 e. The lowest BCUT2D eigenvalue weighted by atomic mass is 10.1. The van der Waals surface area contributed by atoms with Crippen LogP contribution in [0.4, 0.5) is 18.9 Å². The first kappa shape index (κ1) is 22.2. The second-order valence-corrected chi connectivity index (χ2v) is 8.38. The average Bonchev–Trinajstić information content (AvgIpc) is 3.27. The van der Waals surface area contributed by atoms with Gasteiger partial charge in [-0.3, -0.25) is 4.79 Å². The molecule has 1 saturated heterocycles. The van der Waals surface area contributed by atoms with Crippen LogP contribution in [0.15, 0.2) is 66.9 Å². The molecule has 0 unspecified atom stereocenters. The van der Waals surface area contributed by atoms with Gasteiger partial charge in [-0.1, -0.05) is 41.9 Å². The quantitative estimate of drug-likeness (QED) is 0.408. The van der Waals surface area contributed by atoms with Crippen LogP contribution in [-0.2, 0) is 6.18 Å². The number of anilines is 1. The van der Waals surface area contributed by atoms with Crippen LogP contribution in [0.2, 0.25) is 5.02 Å². The molecule has 0 bridgehead atoms. The Hall–Kier alpha value is -3.59. The van der Waals surface area contributed by atoms with E-state index in [4.69, 9.17) is 11.6 Å². The van der Waals surface area contributed by atoms with Gasteiger partial charge in [0.1, 0.15) is 5.56 Å². The van der Waals surface area contributed by atoms with Crippen LogP contribution in [0, 0.1) is 0 Å². The van der Waals surface area contributed by atoms with Crippen LogP contribution in [0.1, 0.15) is 16.1 Å². The van der Waals surface area contributed by atoms with Crippen molar-refractivity contribution in [1.29, 1.82) is 0 Å². The molecule has 0 N–H and O–H groups in total. The lowest BCUT2D eigenvalue weighted by molar-refractivity contribution is -0.142. The van der Waals surface area contributed by atoms with Gasteiger partial charge in [0.25, 0.3) is 5.91 Å². The maximum absolute atomic E-state index is 13.8. The number of nitrogens with zero attached hydrogens (tertiary/aromatic N) is 5. The molecule has 2 aromatic heterocycles. The fourth-order valence-corrected chi connectivity index (χ4v) is 4.19. The zero-order valence-electron chi connectivity index (χ0n) is 17.8. The van der Waals surface area contributed by atoms with Crippen molar-refractivity contribution >= 4 is 28.8 Å². The van der Waals surface area contributed by atoms with E-state index < -0.39 is 17.8 Å². The zero-order valence-corrected chi connectivity index (χ0v) is 18.6. The first-order valence-electron chi connectivity index (χ1n) is 10.6. The van der Waals surface area contributed by atoms with Gasteiger partial charge in [-0.15, -0.1) is 0 Å². The molecule has 2 aromatic carbocycles. The van der Waals surface area contributed by atoms with Crippen LogP contribution in [-0.4, -0.2) is 51.6 Å². The highest BCUT2D eigenvalue weighted by Gasteiger charge is 2.36. The van der Waals surface area contributed by atoms with Crippen molar-refractivity contribution < 1.29 is 18.0 Å². The molecule has 3 heterocycles. The molecule has 0 radical (unpaired) electrons. The largest absolute Gasteiger partial charge is 0.433 e. The maximum atomic E-state index is 13.8. The lowest BCUT2D eigenvalue weighted by Crippen LogP contribution is -2.48. The molecule has 0 saturated carbocycles. The molecule has 0 atom stereocenters. The number of halogens is 4. The molecule has 4 aromatic rings. The number of rotatable bonds is 3. The highest BCUT2D eigenvalue weighted by Crippen LogP contribution is 2.33. The normalized spacial score (nSPS) is 14.6. The van der Waals surface area contributed by atoms with E-state index in [9.17, 15) is 18.0 Å². The molecule has 1 aliphatic heterocycles. The molecule has 5 rings (SSSR count). The summed E-state index contributed by atoms with van der Waals surface area (Å²) in [6.45, 7) is 2.01. The van der Waals surface area contributed by atoms with Crippen molar-refractivity contribution in [2.45, 2.75) is 6.18 Å². The van der Waals surface area contributed by atoms with E-state index in [0.717, 1.165) is 11.8 Å². The Morgan fingerprint density at radius 1 is 0.941 bits per heavy atom. The fraction of sp³-hybridized carbons (Fsp3) is 0.208. The fourth-order valence-electron chi connectivity index (χ4n) is 4.06. The maximum Gasteiger partial charge on any atom is 0.433 e. The van der Waals surface area contributed by atoms with Gasteiger partial charge in [0.15, 0.2) is 11.3 Å². The van der Waals surface area contributed by atoms with Gasteiger partial charge in [0, 0.05) is 42.5 Å². The highest BCUT2D eigenvalue weighted by molar-refractivity contribution is 6.30. The Labute approximate surface area is 198 Å². The SMILES string of the molecule is O=C(c1cnn2c(C(F)(F)F)cc(-c3ccccc3)nc12)N1CCN(c2ccc(Cl)cc2)CC1. The van der Waals surface area contributed by atoms with Gasteiger partial charge in [-0.2, -0.15) is 18.3 Å². The molecule has 0 spiro atoms. The monoisotopic (exact) mass is 485 g/mol. The van der Waals surface area contributed by atoms with Crippen LogP contribution < -0.4 is 4.90 Å². The number of carbonyl (C=O) groups is 1. The van der Waals surface area contributed by atoms with Gasteiger partial charge in [-0.05, 0) is 30.3 Å². The van der Waals surface area contributed by atoms with Gasteiger partial charge >= 0.3 is 6.18 Å². The number of hydrogen-bond donors (Lipinski definition) is 0. The topological polar surface area (TPSA) is 53.7 Å². The number of amides is 1. The molecule has 1 fully saturated rings. The van der Waals surface area contributed by atoms with E-state index >= 15 is 0 Å². The Kier molecular flexibility index (Phi) is 5.65. The van der Waals surface area contributed by atoms with E-state index in [1.54, 1.807) is 35.2 Å². The number of piperazine rings is 1. The number of benzene rings is 2. The summed E-state index contributed by atoms with van der Waals surface area (Å²) in [4.78, 5) is 21.4. The second kappa shape index (κ2) is 8.64. The summed E-state index contributed by atoms with van der Waals surface area (Å²) in [6, 6.07) is 17.0. The van der Waals surface area contributed by atoms with E-state index in [2.05, 4.69) is 15.0 Å². The van der Waals surface area contributed by atoms with Gasteiger partial charge in [0.2, 0.25) is 0 Å². The minimum absolute atomic E-state index is 0.0447. The van der Waals surface area contributed by atoms with Crippen molar-refractivity contribution in [1.82, 2.24) is 19.5 Å². The van der Waals surface area contributed by atoms with Crippen molar-refractivity contribution in [2.24, 2.45) is 0 Å². The lowest BCUT2D eigenvalue weighted by Gasteiger charge is -2.36. The third-order valence-corrected chi connectivity index (χ3v) is 6.07. The van der Waals surface area contributed by atoms with Crippen molar-refractivity contribution in [3.63, 3.8) is 0 Å². The summed E-state index contributed by atoms with van der Waals surface area (Å²) in [5.41, 5.74) is 0.593. The van der Waals surface area contributed by atoms with E-state index in [-0.39, 0.29) is 16.9 Å². The third-order valence-electron chi connectivity index (χ3n) is 5.82. The zero-order chi connectivity index (χ0) is 23.9. The Morgan fingerprint density at radius 3 is 2.26 bits per heavy atom. The molecular formula is C24H19ClF3N5O. The highest BCUT2D eigenvalue weighted by atomic mass is 35.5. The van der Waals surface area contributed by atoms with Crippen LogP contribution in [0.25, 0.3) is 16.9 Å². The first-order chi connectivity index (χ1) is 16.3. The summed E-state index contributed by atoms with van der Waals surface area (Å²) in [5, 5.41) is 4.51. The predicted octanol–water partition coefficient (Wildman–Crippen LogP) is 5.03. The van der Waals surface area contributed by atoms with Crippen LogP contribution >= 0.6 is 11.6 Å². The molecule has 1 amide bonds. The van der Waals surface area contributed by atoms with Crippen LogP contribution in [0.5, 0.6) is 0 Å². The number of aromatic nitrogens is 3. The van der Waals surface area contributed by atoms with Crippen molar-refractivity contribution in [3.05, 3.63) is 83.1 Å². The van der Waals surface area contributed by atoms with Gasteiger partial charge in [-0.25, -0.2) is 9.50 Å². The number of carbonyl (C=O) groups excluding carboxylic acids is 1. The third kappa shape index (κ3) is 4.19. The van der Waals surface area contributed by atoms with E-state index in [0.29, 0.717) is 41.3 Å². The predicted molar refractivity (Wildman–Crippen MR) is 123 cm³/mol. The molecule has 10 heteroatoms. The summed E-state index contributed by atoms with van der Waals surface area (Å²) in [6.07, 6.45) is -3.50. The second-order valence-electron chi connectivity index (χ2n) is 7.94. The van der Waals surface area contributed by atoms with Gasteiger partial charge in [0.05, 0.1) is 11.9 Å². The summed E-state index contributed by atoms with van der Waals surface area (Å²) >= 11 is 5.95. The van der Waals surface area contributed by atoms with Crippen LogP contribution in [0.3, 0.4) is 0 Å². The summed E-state index contributed by atoms with van der Waals surface area (Å²) < 4.78 is 42.1. The molecular weight excluding hydrogens is 467 g/mol. The Morgan fingerprint density at radius 2 is 1.62 bits per heavy atom. The van der Waals surface area contributed by atoms with Crippen molar-refractivity contribution in [3.8, 4) is 11.3 Å². The molecule has 34 heavy (non-hydrogen) atoms. The Bertz CT molecular complexity index is 1330. The number of fused-ring (bicyclic) bond motifs is 1. The van der Waals surface area contributed by atoms with E-state index in [1.165, 1.54) is 6.20 Å². The van der Waals surface area contributed by atoms with Gasteiger partial charge < -0.3 is 9.80 Å². The summed E-state index contributed by atoms with van der Waals surface area (Å²) in [7, 11) is 0.